The molecule has 3 nitrogen and oxygen atoms in total. The Bertz CT molecular complexity index is 759. The lowest BCUT2D eigenvalue weighted by Gasteiger charge is -2.30. The summed E-state index contributed by atoms with van der Waals surface area (Å²) in [5.41, 5.74) is 5.89. The number of alkyl halides is 3. The summed E-state index contributed by atoms with van der Waals surface area (Å²) in [5, 5.41) is 0. The Morgan fingerprint density at radius 2 is 2.05 bits per heavy atom. The summed E-state index contributed by atoms with van der Waals surface area (Å²) in [6.45, 7) is -2.01. The van der Waals surface area contributed by atoms with E-state index in [2.05, 4.69) is 4.98 Å². The Hall–Kier alpha value is -2.24. The summed E-state index contributed by atoms with van der Waals surface area (Å²) < 4.78 is 55.0. The molecule has 2 N–H and O–H groups in total. The van der Waals surface area contributed by atoms with Crippen LogP contribution in [0.2, 0.25) is 0 Å². The van der Waals surface area contributed by atoms with Crippen molar-refractivity contribution in [2.24, 2.45) is 0 Å². The third kappa shape index (κ3) is 1.88. The molecule has 1 aromatic carbocycles. The smallest absolute Gasteiger partial charge is 0.397 e. The topological polar surface area (TPSA) is 42.1 Å². The number of pyridine rings is 1. The summed E-state index contributed by atoms with van der Waals surface area (Å²) in [7, 11) is 1.51. The van der Waals surface area contributed by atoms with E-state index in [1.807, 2.05) is 0 Å². The number of fused-ring (bicyclic) bond motifs is 3. The van der Waals surface area contributed by atoms with Crippen molar-refractivity contribution in [3.8, 4) is 11.3 Å². The van der Waals surface area contributed by atoms with Gasteiger partial charge in [-0.15, -0.1) is 0 Å². The van der Waals surface area contributed by atoms with Crippen LogP contribution in [0.3, 0.4) is 0 Å². The van der Waals surface area contributed by atoms with Crippen LogP contribution in [0.5, 0.6) is 0 Å². The third-order valence-corrected chi connectivity index (χ3v) is 3.13. The largest absolute Gasteiger partial charge is 0.433 e. The Kier molecular flexibility index (Phi) is 2.17. The fraction of sp³-hybridized carbons (Fsp3) is 0.214. The fourth-order valence-electron chi connectivity index (χ4n) is 2.28. The number of benzene rings is 1. The molecule has 6 heteroatoms. The van der Waals surface area contributed by atoms with E-state index >= 15 is 0 Å². The van der Waals surface area contributed by atoms with E-state index in [1.165, 1.54) is 11.9 Å². The number of rotatable bonds is 0. The zero-order valence-corrected chi connectivity index (χ0v) is 10.5. The van der Waals surface area contributed by atoms with E-state index in [9.17, 15) is 13.2 Å². The Labute approximate surface area is 116 Å². The second-order valence-electron chi connectivity index (χ2n) is 4.50. The summed E-state index contributed by atoms with van der Waals surface area (Å²) in [6.07, 6.45) is -4.59. The molecule has 0 radical (unpaired) electrons. The highest BCUT2D eigenvalue weighted by atomic mass is 19.4. The lowest BCUT2D eigenvalue weighted by Crippen LogP contribution is -2.24. The molecule has 1 aliphatic heterocycles. The molecule has 1 aromatic heterocycles. The zero-order valence-electron chi connectivity index (χ0n) is 12.5. The lowest BCUT2D eigenvalue weighted by atomic mass is 9.97. The molecular weight excluding hydrogens is 267 g/mol. The molecule has 0 amide bonds. The van der Waals surface area contributed by atoms with Crippen LogP contribution in [0.1, 0.15) is 14.0 Å². The molecule has 0 bridgehead atoms. The van der Waals surface area contributed by atoms with Gasteiger partial charge in [-0.3, -0.25) is 0 Å². The predicted molar refractivity (Wildman–Crippen MR) is 71.2 cm³/mol. The van der Waals surface area contributed by atoms with E-state index in [0.29, 0.717) is 11.3 Å². The molecular formula is C14H12F3N3. The van der Waals surface area contributed by atoms with E-state index in [4.69, 9.17) is 8.48 Å². The van der Waals surface area contributed by atoms with Crippen LogP contribution in [-0.2, 0) is 12.7 Å². The molecule has 0 spiro atoms. The van der Waals surface area contributed by atoms with Gasteiger partial charge in [0.25, 0.3) is 0 Å². The SMILES string of the molecule is [2H]C1([2H])c2ccc(C(F)(F)F)nc2-c2cccc(N)c2N1C. The first-order valence-corrected chi connectivity index (χ1v) is 5.85. The van der Waals surface area contributed by atoms with Crippen LogP contribution in [0.25, 0.3) is 11.3 Å². The van der Waals surface area contributed by atoms with Crippen molar-refractivity contribution in [1.82, 2.24) is 4.98 Å². The normalized spacial score (nSPS) is 17.9. The van der Waals surface area contributed by atoms with Crippen LogP contribution in [0.15, 0.2) is 30.3 Å². The van der Waals surface area contributed by atoms with Gasteiger partial charge in [0, 0.05) is 19.1 Å². The summed E-state index contributed by atoms with van der Waals surface area (Å²) >= 11 is 0. The number of hydrogen-bond acceptors (Lipinski definition) is 3. The molecule has 3 rings (SSSR count). The van der Waals surface area contributed by atoms with Crippen LogP contribution in [0, 0.1) is 0 Å². The molecule has 0 unspecified atom stereocenters. The van der Waals surface area contributed by atoms with E-state index in [1.54, 1.807) is 18.2 Å². The molecule has 104 valence electrons. The van der Waals surface area contributed by atoms with Gasteiger partial charge in [-0.25, -0.2) is 4.98 Å². The van der Waals surface area contributed by atoms with Gasteiger partial charge >= 0.3 is 6.18 Å². The van der Waals surface area contributed by atoms with Crippen LogP contribution in [0.4, 0.5) is 24.5 Å². The fourth-order valence-corrected chi connectivity index (χ4v) is 2.28. The standard InChI is InChI=1S/C14H12F3N3/c1-20-7-8-5-6-11(14(15,16)17)19-12(8)9-3-2-4-10(18)13(9)20/h2-6H,7,18H2,1H3/i7D2. The summed E-state index contributed by atoms with van der Waals surface area (Å²) in [5.74, 6) is 0. The number of aromatic nitrogens is 1. The maximum Gasteiger partial charge on any atom is 0.433 e. The van der Waals surface area contributed by atoms with Gasteiger partial charge in [-0.1, -0.05) is 18.2 Å². The highest BCUT2D eigenvalue weighted by molar-refractivity contribution is 5.88. The molecule has 0 saturated carbocycles. The Morgan fingerprint density at radius 3 is 2.75 bits per heavy atom. The first-order chi connectivity index (χ1) is 10.1. The molecule has 1 aliphatic rings. The highest BCUT2D eigenvalue weighted by Gasteiger charge is 2.34. The van der Waals surface area contributed by atoms with Crippen molar-refractivity contribution in [1.29, 1.82) is 0 Å². The van der Waals surface area contributed by atoms with Crippen molar-refractivity contribution >= 4 is 11.4 Å². The van der Waals surface area contributed by atoms with Crippen LogP contribution >= 0.6 is 0 Å². The van der Waals surface area contributed by atoms with Gasteiger partial charge in [0.1, 0.15) is 5.69 Å². The number of anilines is 2. The highest BCUT2D eigenvalue weighted by Crippen LogP contribution is 2.41. The van der Waals surface area contributed by atoms with E-state index in [0.717, 1.165) is 12.1 Å². The van der Waals surface area contributed by atoms with Gasteiger partial charge in [-0.2, -0.15) is 13.2 Å². The number of hydrogen-bond donors (Lipinski definition) is 1. The Morgan fingerprint density at radius 1 is 1.30 bits per heavy atom. The second kappa shape index (κ2) is 4.13. The van der Waals surface area contributed by atoms with Crippen molar-refractivity contribution < 1.29 is 15.9 Å². The maximum atomic E-state index is 12.9. The molecule has 2 heterocycles. The van der Waals surface area contributed by atoms with E-state index < -0.39 is 18.4 Å². The van der Waals surface area contributed by atoms with Crippen LogP contribution < -0.4 is 10.6 Å². The minimum absolute atomic E-state index is 0.0276. The van der Waals surface area contributed by atoms with Gasteiger partial charge in [0.05, 0.1) is 19.8 Å². The lowest BCUT2D eigenvalue weighted by molar-refractivity contribution is -0.141. The van der Waals surface area contributed by atoms with E-state index in [-0.39, 0.29) is 16.9 Å². The van der Waals surface area contributed by atoms with Crippen molar-refractivity contribution in [2.75, 3.05) is 17.7 Å². The molecule has 0 aliphatic carbocycles. The molecule has 0 saturated heterocycles. The maximum absolute atomic E-state index is 12.9. The number of halogens is 3. The van der Waals surface area contributed by atoms with Crippen LogP contribution in [-0.4, -0.2) is 12.0 Å². The quantitative estimate of drug-likeness (QED) is 0.753. The number of para-hydroxylation sites is 1. The predicted octanol–water partition coefficient (Wildman–Crippen LogP) is 3.30. The molecule has 0 atom stereocenters. The second-order valence-corrected chi connectivity index (χ2v) is 4.50. The monoisotopic (exact) mass is 281 g/mol. The third-order valence-electron chi connectivity index (χ3n) is 3.13. The summed E-state index contributed by atoms with van der Waals surface area (Å²) in [6, 6.07) is 6.69. The minimum Gasteiger partial charge on any atom is -0.397 e. The first-order valence-electron chi connectivity index (χ1n) is 6.85. The van der Waals surface area contributed by atoms with Crippen molar-refractivity contribution in [3.63, 3.8) is 0 Å². The minimum atomic E-state index is -4.59. The zero-order chi connectivity index (χ0) is 16.3. The van der Waals surface area contributed by atoms with Gasteiger partial charge < -0.3 is 10.6 Å². The Balaban J connectivity index is 2.35. The number of nitrogens with zero attached hydrogens (tertiary/aromatic N) is 2. The molecule has 20 heavy (non-hydrogen) atoms. The first kappa shape index (κ1) is 10.5. The number of nitrogen functional groups attached to an aromatic ring is 1. The van der Waals surface area contributed by atoms with Crippen molar-refractivity contribution in [3.05, 3.63) is 41.6 Å². The van der Waals surface area contributed by atoms with Gasteiger partial charge in [0.15, 0.2) is 0 Å². The summed E-state index contributed by atoms with van der Waals surface area (Å²) in [4.78, 5) is 4.96. The van der Waals surface area contributed by atoms with Gasteiger partial charge in [-0.05, 0) is 17.7 Å². The average Bonchev–Trinajstić information content (AvgIpc) is 2.43. The van der Waals surface area contributed by atoms with Gasteiger partial charge in [0.2, 0.25) is 0 Å². The number of nitrogens with two attached hydrogens (primary N) is 1. The average molecular weight is 281 g/mol. The van der Waals surface area contributed by atoms with Crippen molar-refractivity contribution in [2.45, 2.75) is 12.7 Å². The molecule has 0 fully saturated rings. The molecule has 2 aromatic rings.